The van der Waals surface area contributed by atoms with Crippen molar-refractivity contribution in [1.82, 2.24) is 9.88 Å². The summed E-state index contributed by atoms with van der Waals surface area (Å²) in [5, 5.41) is 9.83. The van der Waals surface area contributed by atoms with E-state index in [0.717, 1.165) is 31.6 Å². The van der Waals surface area contributed by atoms with Crippen LogP contribution in [0.1, 0.15) is 70.7 Å². The summed E-state index contributed by atoms with van der Waals surface area (Å²) in [7, 11) is 0. The molecule has 0 aromatic carbocycles. The minimum atomic E-state index is -0.629. The van der Waals surface area contributed by atoms with Crippen molar-refractivity contribution in [3.05, 3.63) is 29.6 Å². The van der Waals surface area contributed by atoms with Crippen LogP contribution in [0.4, 0.5) is 0 Å². The Morgan fingerprint density at radius 2 is 1.88 bits per heavy atom. The number of hydrogen-bond acceptors (Lipinski definition) is 3. The lowest BCUT2D eigenvalue weighted by atomic mass is 9.71. The molecule has 3 rings (SSSR count). The summed E-state index contributed by atoms with van der Waals surface area (Å²) in [4.78, 5) is 19.4. The van der Waals surface area contributed by atoms with Crippen molar-refractivity contribution in [3.8, 4) is 0 Å². The summed E-state index contributed by atoms with van der Waals surface area (Å²) < 4.78 is 0. The standard InChI is InChI=1S/C20H30N2O2/c1-19(2,3)17-7-5-6-16(21-17)14-8-10-22(11-9-14)18(23)15-12-20(4,24)13-15/h5-7,14-15,24H,8-13H2,1-4H3/t15-,20+. The lowest BCUT2D eigenvalue weighted by Gasteiger charge is -2.43. The number of aliphatic hydroxyl groups is 1. The molecule has 1 saturated carbocycles. The number of piperidine rings is 1. The van der Waals surface area contributed by atoms with Crippen LogP contribution in [0.3, 0.4) is 0 Å². The first-order valence-corrected chi connectivity index (χ1v) is 9.14. The summed E-state index contributed by atoms with van der Waals surface area (Å²) in [6.45, 7) is 10.00. The second-order valence-electron chi connectivity index (χ2n) is 8.90. The van der Waals surface area contributed by atoms with Gasteiger partial charge in [-0.25, -0.2) is 0 Å². The Morgan fingerprint density at radius 3 is 2.42 bits per heavy atom. The van der Waals surface area contributed by atoms with Gasteiger partial charge in [0, 0.05) is 41.7 Å². The minimum absolute atomic E-state index is 0.0268. The number of hydrogen-bond donors (Lipinski definition) is 1. The minimum Gasteiger partial charge on any atom is -0.390 e. The van der Waals surface area contributed by atoms with Crippen molar-refractivity contribution in [2.24, 2.45) is 5.92 Å². The molecular weight excluding hydrogens is 300 g/mol. The average Bonchev–Trinajstić information content (AvgIpc) is 2.51. The Labute approximate surface area is 145 Å². The highest BCUT2D eigenvalue weighted by Crippen LogP contribution is 2.39. The van der Waals surface area contributed by atoms with Crippen LogP contribution in [0.2, 0.25) is 0 Å². The second kappa shape index (κ2) is 6.14. The maximum Gasteiger partial charge on any atom is 0.225 e. The van der Waals surface area contributed by atoms with Crippen LogP contribution in [-0.4, -0.2) is 39.6 Å². The predicted octanol–water partition coefficient (Wildman–Crippen LogP) is 3.25. The molecule has 0 spiro atoms. The quantitative estimate of drug-likeness (QED) is 0.905. The topological polar surface area (TPSA) is 53.4 Å². The van der Waals surface area contributed by atoms with Crippen LogP contribution in [0, 0.1) is 5.92 Å². The van der Waals surface area contributed by atoms with Crippen LogP contribution >= 0.6 is 0 Å². The molecule has 132 valence electrons. The molecule has 0 bridgehead atoms. The molecule has 1 aliphatic carbocycles. The summed E-state index contributed by atoms with van der Waals surface area (Å²) in [6.07, 6.45) is 3.19. The number of aromatic nitrogens is 1. The Kier molecular flexibility index (Phi) is 4.45. The maximum absolute atomic E-state index is 12.5. The number of carbonyl (C=O) groups excluding carboxylic acids is 1. The van der Waals surface area contributed by atoms with Gasteiger partial charge in [-0.3, -0.25) is 9.78 Å². The van der Waals surface area contributed by atoms with Gasteiger partial charge in [-0.15, -0.1) is 0 Å². The highest BCUT2D eigenvalue weighted by atomic mass is 16.3. The van der Waals surface area contributed by atoms with Crippen molar-refractivity contribution >= 4 is 5.91 Å². The normalized spacial score (nSPS) is 28.5. The number of likely N-dealkylation sites (tertiary alicyclic amines) is 1. The third kappa shape index (κ3) is 3.64. The van der Waals surface area contributed by atoms with E-state index in [-0.39, 0.29) is 17.2 Å². The van der Waals surface area contributed by atoms with Crippen molar-refractivity contribution in [2.75, 3.05) is 13.1 Å². The summed E-state index contributed by atoms with van der Waals surface area (Å²) in [5.41, 5.74) is 1.74. The summed E-state index contributed by atoms with van der Waals surface area (Å²) >= 11 is 0. The lowest BCUT2D eigenvalue weighted by molar-refractivity contribution is -0.150. The van der Waals surface area contributed by atoms with Crippen LogP contribution in [0.5, 0.6) is 0 Å². The van der Waals surface area contributed by atoms with E-state index in [0.29, 0.717) is 18.8 Å². The number of pyridine rings is 1. The monoisotopic (exact) mass is 330 g/mol. The molecular formula is C20H30N2O2. The Bertz CT molecular complexity index is 602. The largest absolute Gasteiger partial charge is 0.390 e. The molecule has 4 heteroatoms. The first-order chi connectivity index (χ1) is 11.2. The molecule has 2 heterocycles. The molecule has 0 radical (unpaired) electrons. The third-order valence-electron chi connectivity index (χ3n) is 5.49. The first-order valence-electron chi connectivity index (χ1n) is 9.14. The summed E-state index contributed by atoms with van der Waals surface area (Å²) in [5.74, 6) is 0.705. The zero-order chi connectivity index (χ0) is 17.5. The summed E-state index contributed by atoms with van der Waals surface area (Å²) in [6, 6.07) is 6.34. The van der Waals surface area contributed by atoms with Gasteiger partial charge in [-0.2, -0.15) is 0 Å². The first kappa shape index (κ1) is 17.4. The Morgan fingerprint density at radius 1 is 1.25 bits per heavy atom. The molecule has 4 nitrogen and oxygen atoms in total. The van der Waals surface area contributed by atoms with Gasteiger partial charge in [0.25, 0.3) is 0 Å². The van der Waals surface area contributed by atoms with E-state index in [2.05, 4.69) is 39.0 Å². The molecule has 1 N–H and O–H groups in total. The van der Waals surface area contributed by atoms with Crippen molar-refractivity contribution < 1.29 is 9.90 Å². The van der Waals surface area contributed by atoms with E-state index >= 15 is 0 Å². The molecule has 1 amide bonds. The van der Waals surface area contributed by atoms with Gasteiger partial charge >= 0.3 is 0 Å². The highest BCUT2D eigenvalue weighted by molar-refractivity contribution is 5.80. The number of nitrogens with zero attached hydrogens (tertiary/aromatic N) is 2. The molecule has 24 heavy (non-hydrogen) atoms. The van der Waals surface area contributed by atoms with E-state index in [4.69, 9.17) is 4.98 Å². The van der Waals surface area contributed by atoms with Crippen LogP contribution in [0.25, 0.3) is 0 Å². The fourth-order valence-corrected chi connectivity index (χ4v) is 3.93. The van der Waals surface area contributed by atoms with E-state index in [1.165, 1.54) is 5.69 Å². The maximum atomic E-state index is 12.5. The van der Waals surface area contributed by atoms with Gasteiger partial charge < -0.3 is 10.0 Å². The fraction of sp³-hybridized carbons (Fsp3) is 0.700. The van der Waals surface area contributed by atoms with Crippen LogP contribution in [0.15, 0.2) is 18.2 Å². The fourth-order valence-electron chi connectivity index (χ4n) is 3.93. The molecule has 0 unspecified atom stereocenters. The van der Waals surface area contributed by atoms with Crippen molar-refractivity contribution in [2.45, 2.75) is 70.3 Å². The average molecular weight is 330 g/mol. The van der Waals surface area contributed by atoms with Gasteiger partial charge in [0.05, 0.1) is 5.60 Å². The van der Waals surface area contributed by atoms with Gasteiger partial charge in [-0.1, -0.05) is 26.8 Å². The number of carbonyl (C=O) groups is 1. The number of amides is 1. The zero-order valence-electron chi connectivity index (χ0n) is 15.4. The molecule has 1 saturated heterocycles. The molecule has 2 fully saturated rings. The van der Waals surface area contributed by atoms with E-state index < -0.39 is 5.60 Å². The third-order valence-corrected chi connectivity index (χ3v) is 5.49. The van der Waals surface area contributed by atoms with Gasteiger partial charge in [-0.05, 0) is 44.7 Å². The van der Waals surface area contributed by atoms with E-state index in [1.807, 2.05) is 11.8 Å². The molecule has 2 aliphatic rings. The second-order valence-corrected chi connectivity index (χ2v) is 8.90. The Balaban J connectivity index is 1.58. The molecule has 0 atom stereocenters. The Hall–Kier alpha value is -1.42. The van der Waals surface area contributed by atoms with Crippen molar-refractivity contribution in [1.29, 1.82) is 0 Å². The molecule has 1 aliphatic heterocycles. The highest BCUT2D eigenvalue weighted by Gasteiger charge is 2.44. The zero-order valence-corrected chi connectivity index (χ0v) is 15.4. The smallest absolute Gasteiger partial charge is 0.225 e. The van der Waals surface area contributed by atoms with Crippen LogP contribution < -0.4 is 0 Å². The predicted molar refractivity (Wildman–Crippen MR) is 94.8 cm³/mol. The van der Waals surface area contributed by atoms with Crippen molar-refractivity contribution in [3.63, 3.8) is 0 Å². The SMILES string of the molecule is CC(C)(C)c1cccc(C2CCN(C(=O)[C@H]3C[C@@](C)(O)C3)CC2)n1. The van der Waals surface area contributed by atoms with Gasteiger partial charge in [0.2, 0.25) is 5.91 Å². The molecule has 1 aromatic rings. The van der Waals surface area contributed by atoms with Gasteiger partial charge in [0.15, 0.2) is 0 Å². The van der Waals surface area contributed by atoms with E-state index in [9.17, 15) is 9.90 Å². The van der Waals surface area contributed by atoms with E-state index in [1.54, 1.807) is 0 Å². The number of rotatable bonds is 2. The van der Waals surface area contributed by atoms with Gasteiger partial charge in [0.1, 0.15) is 0 Å². The van der Waals surface area contributed by atoms with Crippen LogP contribution in [-0.2, 0) is 10.2 Å². The lowest BCUT2D eigenvalue weighted by Crippen LogP contribution is -2.51. The molecule has 1 aromatic heterocycles.